The van der Waals surface area contributed by atoms with Crippen LogP contribution in [0.2, 0.25) is 0 Å². The number of anilines is 2. The summed E-state index contributed by atoms with van der Waals surface area (Å²) in [6.07, 6.45) is 5.40. The summed E-state index contributed by atoms with van der Waals surface area (Å²) in [7, 11) is 0. The fourth-order valence-corrected chi connectivity index (χ4v) is 4.92. The van der Waals surface area contributed by atoms with Crippen molar-refractivity contribution < 1.29 is 4.39 Å². The number of nitrogens with two attached hydrogens (primary N) is 1. The Morgan fingerprint density at radius 2 is 1.83 bits per heavy atom. The van der Waals surface area contributed by atoms with Gasteiger partial charge in [-0.2, -0.15) is 10.4 Å². The van der Waals surface area contributed by atoms with Crippen LogP contribution in [0.5, 0.6) is 0 Å². The predicted octanol–water partition coefficient (Wildman–Crippen LogP) is 5.78. The lowest BCUT2D eigenvalue weighted by molar-refractivity contribution is 0.578. The molecule has 0 saturated carbocycles. The maximum atomic E-state index is 15.2. The Balaban J connectivity index is 0.00000253. The summed E-state index contributed by atoms with van der Waals surface area (Å²) in [4.78, 5) is 9.94. The Morgan fingerprint density at radius 1 is 1.06 bits per heavy atom. The van der Waals surface area contributed by atoms with Crippen LogP contribution in [0.4, 0.5) is 15.9 Å². The third-order valence-corrected chi connectivity index (χ3v) is 6.61. The molecule has 1 fully saturated rings. The van der Waals surface area contributed by atoms with Crippen LogP contribution in [0, 0.1) is 17.1 Å². The van der Waals surface area contributed by atoms with E-state index in [2.05, 4.69) is 43.3 Å². The molecule has 35 heavy (non-hydrogen) atoms. The highest BCUT2D eigenvalue weighted by molar-refractivity contribution is 6.05. The number of piperidine rings is 1. The first kappa shape index (κ1) is 22.7. The second-order valence-electron chi connectivity index (χ2n) is 8.65. The van der Waals surface area contributed by atoms with E-state index in [9.17, 15) is 5.26 Å². The maximum absolute atomic E-state index is 15.2. The molecule has 9 heteroatoms. The van der Waals surface area contributed by atoms with E-state index in [1.54, 1.807) is 12.3 Å². The maximum Gasteiger partial charge on any atom is 0.184 e. The van der Waals surface area contributed by atoms with Gasteiger partial charge >= 0.3 is 0 Å². The van der Waals surface area contributed by atoms with Gasteiger partial charge in [0, 0.05) is 47.0 Å². The zero-order valence-electron chi connectivity index (χ0n) is 18.8. The van der Waals surface area contributed by atoms with Crippen molar-refractivity contribution >= 4 is 45.8 Å². The number of fused-ring (bicyclic) bond motifs is 2. The van der Waals surface area contributed by atoms with Gasteiger partial charge < -0.3 is 15.6 Å². The predicted molar refractivity (Wildman–Crippen MR) is 139 cm³/mol. The van der Waals surface area contributed by atoms with Crippen LogP contribution in [0.15, 0.2) is 48.7 Å². The molecule has 2 aromatic carbocycles. The van der Waals surface area contributed by atoms with Gasteiger partial charge in [-0.15, -0.1) is 12.4 Å². The highest BCUT2D eigenvalue weighted by Gasteiger charge is 2.24. The lowest BCUT2D eigenvalue weighted by atomic mass is 9.93. The number of pyridine rings is 1. The molecule has 4 N–H and O–H groups in total. The van der Waals surface area contributed by atoms with Crippen LogP contribution < -0.4 is 10.6 Å². The fraction of sp³-hybridized carbons (Fsp3) is 0.192. The molecular weight excluding hydrogens is 465 g/mol. The zero-order chi connectivity index (χ0) is 23.2. The van der Waals surface area contributed by atoms with E-state index in [-0.39, 0.29) is 29.2 Å². The summed E-state index contributed by atoms with van der Waals surface area (Å²) in [6.45, 7) is 2.09. The highest BCUT2D eigenvalue weighted by atomic mass is 35.5. The van der Waals surface area contributed by atoms with Crippen LogP contribution in [0.25, 0.3) is 44.3 Å². The van der Waals surface area contributed by atoms with Gasteiger partial charge in [0.1, 0.15) is 17.7 Å². The number of halogens is 2. The van der Waals surface area contributed by atoms with E-state index in [0.717, 1.165) is 29.7 Å². The average Bonchev–Trinajstić information content (AvgIpc) is 3.48. The second-order valence-corrected chi connectivity index (χ2v) is 8.65. The minimum absolute atomic E-state index is 0. The van der Waals surface area contributed by atoms with Gasteiger partial charge in [0.25, 0.3) is 0 Å². The first-order valence-corrected chi connectivity index (χ1v) is 11.3. The van der Waals surface area contributed by atoms with Crippen molar-refractivity contribution in [2.45, 2.75) is 19.3 Å². The van der Waals surface area contributed by atoms with E-state index >= 15 is 4.39 Å². The largest absolute Gasteiger partial charge is 0.383 e. The molecule has 1 aliphatic heterocycles. The highest BCUT2D eigenvalue weighted by Crippen LogP contribution is 2.40. The van der Waals surface area contributed by atoms with Gasteiger partial charge in [-0.3, -0.25) is 5.10 Å². The molecule has 0 atom stereocenters. The molecule has 0 spiro atoms. The van der Waals surface area contributed by atoms with Crippen molar-refractivity contribution in [3.63, 3.8) is 0 Å². The standard InChI is InChI=1S/C26H22FN7.ClH/c27-20-13-21-16(8-9-30-21)12-18(20)24-19(14-28)22(23-25(29)32-33-26(23)31-24)15-4-6-17(7-5-15)34-10-2-1-3-11-34;/h4-9,12-13,30H,1-3,10-11H2,(H3,29,31,32,33);1H. The number of aromatic nitrogens is 4. The molecule has 7 nitrogen and oxygen atoms in total. The molecule has 4 heterocycles. The van der Waals surface area contributed by atoms with E-state index in [4.69, 9.17) is 5.73 Å². The monoisotopic (exact) mass is 487 g/mol. The Kier molecular flexibility index (Phi) is 5.79. The average molecular weight is 488 g/mol. The quantitative estimate of drug-likeness (QED) is 0.299. The number of nitrogen functional groups attached to an aromatic ring is 1. The number of hydrogen-bond donors (Lipinski definition) is 3. The second kappa shape index (κ2) is 8.93. The van der Waals surface area contributed by atoms with Gasteiger partial charge in [0.15, 0.2) is 5.65 Å². The van der Waals surface area contributed by atoms with Gasteiger partial charge in [0.2, 0.25) is 0 Å². The number of nitriles is 1. The molecule has 1 aliphatic rings. The Morgan fingerprint density at radius 3 is 2.57 bits per heavy atom. The minimum atomic E-state index is -0.465. The number of nitrogens with one attached hydrogen (secondary N) is 2. The van der Waals surface area contributed by atoms with E-state index < -0.39 is 5.82 Å². The first-order valence-electron chi connectivity index (χ1n) is 11.3. The van der Waals surface area contributed by atoms with Crippen LogP contribution in [-0.4, -0.2) is 33.3 Å². The van der Waals surface area contributed by atoms with Crippen molar-refractivity contribution in [2.75, 3.05) is 23.7 Å². The van der Waals surface area contributed by atoms with Crippen LogP contribution >= 0.6 is 12.4 Å². The summed E-state index contributed by atoms with van der Waals surface area (Å²) in [6, 6.07) is 15.4. The number of aromatic amines is 2. The van der Waals surface area contributed by atoms with Crippen LogP contribution in [0.3, 0.4) is 0 Å². The SMILES string of the molecule is Cl.N#Cc1c(-c2cc3cc[nH]c3cc2F)nc2n[nH]c(N)c2c1-c1ccc(N2CCCCC2)cc1. The Bertz CT molecular complexity index is 1570. The van der Waals surface area contributed by atoms with Gasteiger partial charge in [-0.05, 0) is 55.2 Å². The number of hydrogen-bond acceptors (Lipinski definition) is 5. The van der Waals surface area contributed by atoms with Crippen LogP contribution in [-0.2, 0) is 0 Å². The summed E-state index contributed by atoms with van der Waals surface area (Å²) in [5.74, 6) is -0.143. The summed E-state index contributed by atoms with van der Waals surface area (Å²) in [5.41, 5.74) is 10.6. The normalized spacial score (nSPS) is 13.7. The fourth-order valence-electron chi connectivity index (χ4n) is 4.92. The van der Waals surface area contributed by atoms with Crippen molar-refractivity contribution in [1.29, 1.82) is 5.26 Å². The lowest BCUT2D eigenvalue weighted by Crippen LogP contribution is -2.29. The molecule has 3 aromatic heterocycles. The molecule has 176 valence electrons. The Labute approximate surface area is 207 Å². The van der Waals surface area contributed by atoms with Crippen molar-refractivity contribution in [3.8, 4) is 28.5 Å². The molecule has 6 rings (SSSR count). The summed E-state index contributed by atoms with van der Waals surface area (Å²) < 4.78 is 15.2. The zero-order valence-corrected chi connectivity index (χ0v) is 19.6. The molecule has 0 bridgehead atoms. The molecule has 5 aromatic rings. The minimum Gasteiger partial charge on any atom is -0.383 e. The van der Waals surface area contributed by atoms with Gasteiger partial charge in [-0.1, -0.05) is 12.1 Å². The Hall–Kier alpha value is -4.09. The van der Waals surface area contributed by atoms with Crippen molar-refractivity contribution in [2.24, 2.45) is 0 Å². The number of benzene rings is 2. The lowest BCUT2D eigenvalue weighted by Gasteiger charge is -2.29. The summed E-state index contributed by atoms with van der Waals surface area (Å²) in [5, 5.41) is 18.6. The van der Waals surface area contributed by atoms with Gasteiger partial charge in [-0.25, -0.2) is 9.37 Å². The number of H-pyrrole nitrogens is 2. The molecular formula is C26H23ClFN7. The van der Waals surface area contributed by atoms with Crippen molar-refractivity contribution in [3.05, 3.63) is 60.0 Å². The van der Waals surface area contributed by atoms with E-state index in [1.165, 1.54) is 25.3 Å². The smallest absolute Gasteiger partial charge is 0.184 e. The summed E-state index contributed by atoms with van der Waals surface area (Å²) >= 11 is 0. The van der Waals surface area contributed by atoms with E-state index in [1.807, 2.05) is 18.2 Å². The molecule has 0 aliphatic carbocycles. The molecule has 0 unspecified atom stereocenters. The van der Waals surface area contributed by atoms with Crippen LogP contribution in [0.1, 0.15) is 24.8 Å². The van der Waals surface area contributed by atoms with Gasteiger partial charge in [0.05, 0.1) is 16.6 Å². The topological polar surface area (TPSA) is 110 Å². The number of nitrogens with zero attached hydrogens (tertiary/aromatic N) is 4. The number of rotatable bonds is 3. The molecule has 0 amide bonds. The molecule has 1 saturated heterocycles. The first-order chi connectivity index (χ1) is 16.6. The molecule has 0 radical (unpaired) electrons. The third-order valence-electron chi connectivity index (χ3n) is 6.61. The van der Waals surface area contributed by atoms with Crippen molar-refractivity contribution in [1.82, 2.24) is 20.2 Å². The third kappa shape index (κ3) is 3.74. The van der Waals surface area contributed by atoms with E-state index in [0.29, 0.717) is 27.9 Å².